The van der Waals surface area contributed by atoms with Crippen LogP contribution in [0.15, 0.2) is 16.8 Å². The molecule has 17 heavy (non-hydrogen) atoms. The molecule has 0 bridgehead atoms. The summed E-state index contributed by atoms with van der Waals surface area (Å²) >= 11 is 6.18. The number of aromatic nitrogens is 1. The van der Waals surface area contributed by atoms with Gasteiger partial charge >= 0.3 is 0 Å². The Hall–Kier alpha value is -1.68. The molecule has 5 heteroatoms. The van der Waals surface area contributed by atoms with Crippen LogP contribution < -0.4 is 10.5 Å². The first kappa shape index (κ1) is 11.8. The first-order valence-corrected chi connectivity index (χ1v) is 5.48. The minimum Gasteiger partial charge on any atom is -0.496 e. The Morgan fingerprint density at radius 3 is 2.59 bits per heavy atom. The third kappa shape index (κ3) is 1.85. The SMILES string of the molecule is COc1c(-c2cnoc2N)cc(C)c(Cl)c1C. The summed E-state index contributed by atoms with van der Waals surface area (Å²) in [4.78, 5) is 0. The number of anilines is 1. The van der Waals surface area contributed by atoms with Crippen molar-refractivity contribution in [2.75, 3.05) is 12.8 Å². The molecule has 90 valence electrons. The lowest BCUT2D eigenvalue weighted by Crippen LogP contribution is -1.95. The van der Waals surface area contributed by atoms with Crippen LogP contribution >= 0.6 is 11.6 Å². The molecule has 4 nitrogen and oxygen atoms in total. The lowest BCUT2D eigenvalue weighted by molar-refractivity contribution is 0.413. The molecule has 0 unspecified atom stereocenters. The third-order valence-electron chi connectivity index (χ3n) is 2.71. The number of hydrogen-bond acceptors (Lipinski definition) is 4. The first-order valence-electron chi connectivity index (χ1n) is 5.10. The zero-order valence-corrected chi connectivity index (χ0v) is 10.6. The van der Waals surface area contributed by atoms with Crippen molar-refractivity contribution in [1.29, 1.82) is 0 Å². The summed E-state index contributed by atoms with van der Waals surface area (Å²) in [6.45, 7) is 3.84. The lowest BCUT2D eigenvalue weighted by Gasteiger charge is -2.13. The van der Waals surface area contributed by atoms with Crippen molar-refractivity contribution in [3.8, 4) is 16.9 Å². The molecule has 0 amide bonds. The Kier molecular flexibility index (Phi) is 2.98. The van der Waals surface area contributed by atoms with E-state index >= 15 is 0 Å². The molecule has 0 spiro atoms. The van der Waals surface area contributed by atoms with Gasteiger partial charge in [0.25, 0.3) is 0 Å². The van der Waals surface area contributed by atoms with Crippen LogP contribution in [0.2, 0.25) is 5.02 Å². The number of hydrogen-bond donors (Lipinski definition) is 1. The van der Waals surface area contributed by atoms with Gasteiger partial charge in [-0.3, -0.25) is 0 Å². The number of rotatable bonds is 2. The summed E-state index contributed by atoms with van der Waals surface area (Å²) in [5.41, 5.74) is 9.11. The number of halogens is 1. The fraction of sp³-hybridized carbons (Fsp3) is 0.250. The normalized spacial score (nSPS) is 10.6. The summed E-state index contributed by atoms with van der Waals surface area (Å²) in [5, 5.41) is 4.36. The van der Waals surface area contributed by atoms with E-state index in [0.29, 0.717) is 16.3 Å². The van der Waals surface area contributed by atoms with Crippen molar-refractivity contribution in [3.05, 3.63) is 28.4 Å². The second kappa shape index (κ2) is 4.30. The zero-order chi connectivity index (χ0) is 12.6. The van der Waals surface area contributed by atoms with Gasteiger partial charge in [0.15, 0.2) is 0 Å². The van der Waals surface area contributed by atoms with E-state index in [1.807, 2.05) is 19.9 Å². The van der Waals surface area contributed by atoms with Gasteiger partial charge in [-0.1, -0.05) is 16.8 Å². The first-order chi connectivity index (χ1) is 8.06. The molecule has 2 rings (SSSR count). The number of nitrogen functional groups attached to an aromatic ring is 1. The van der Waals surface area contributed by atoms with E-state index < -0.39 is 0 Å². The smallest absolute Gasteiger partial charge is 0.230 e. The molecular weight excluding hydrogens is 240 g/mol. The summed E-state index contributed by atoms with van der Waals surface area (Å²) in [6, 6.07) is 1.91. The Bertz CT molecular complexity index is 564. The molecule has 2 aromatic rings. The second-order valence-electron chi connectivity index (χ2n) is 3.82. The highest BCUT2D eigenvalue weighted by atomic mass is 35.5. The van der Waals surface area contributed by atoms with E-state index in [-0.39, 0.29) is 5.88 Å². The fourth-order valence-corrected chi connectivity index (χ4v) is 2.00. The molecule has 1 aromatic carbocycles. The van der Waals surface area contributed by atoms with Crippen LogP contribution in [-0.4, -0.2) is 12.3 Å². The van der Waals surface area contributed by atoms with Crippen LogP contribution in [0.4, 0.5) is 5.88 Å². The molecule has 0 radical (unpaired) electrons. The van der Waals surface area contributed by atoms with Crippen molar-refractivity contribution >= 4 is 17.5 Å². The molecule has 0 aliphatic carbocycles. The summed E-state index contributed by atoms with van der Waals surface area (Å²) in [7, 11) is 1.60. The monoisotopic (exact) mass is 252 g/mol. The van der Waals surface area contributed by atoms with Gasteiger partial charge in [0, 0.05) is 11.1 Å². The van der Waals surface area contributed by atoms with Crippen LogP contribution in [0.5, 0.6) is 5.75 Å². The van der Waals surface area contributed by atoms with Crippen LogP contribution in [-0.2, 0) is 0 Å². The number of nitrogens with zero attached hydrogens (tertiary/aromatic N) is 1. The zero-order valence-electron chi connectivity index (χ0n) is 9.87. The van der Waals surface area contributed by atoms with E-state index in [9.17, 15) is 0 Å². The number of nitrogens with two attached hydrogens (primary N) is 1. The van der Waals surface area contributed by atoms with Crippen molar-refractivity contribution in [2.45, 2.75) is 13.8 Å². The minimum atomic E-state index is 0.268. The summed E-state index contributed by atoms with van der Waals surface area (Å²) in [6.07, 6.45) is 1.57. The Labute approximate surface area is 104 Å². The van der Waals surface area contributed by atoms with Gasteiger partial charge in [-0.05, 0) is 25.5 Å². The van der Waals surface area contributed by atoms with E-state index in [2.05, 4.69) is 5.16 Å². The standard InChI is InChI=1S/C12H13ClN2O2/c1-6-4-8(9-5-15-17-12(9)14)11(16-3)7(2)10(6)13/h4-5H,14H2,1-3H3. The predicted molar refractivity (Wildman–Crippen MR) is 67.4 cm³/mol. The van der Waals surface area contributed by atoms with Crippen LogP contribution in [0.3, 0.4) is 0 Å². The highest BCUT2D eigenvalue weighted by molar-refractivity contribution is 6.32. The van der Waals surface area contributed by atoms with Crippen LogP contribution in [0.25, 0.3) is 11.1 Å². The maximum atomic E-state index is 6.18. The molecule has 0 aliphatic heterocycles. The van der Waals surface area contributed by atoms with E-state index in [1.54, 1.807) is 13.3 Å². The Balaban J connectivity index is 2.74. The van der Waals surface area contributed by atoms with E-state index in [0.717, 1.165) is 16.7 Å². The molecule has 0 fully saturated rings. The molecule has 0 saturated heterocycles. The van der Waals surface area contributed by atoms with Crippen LogP contribution in [0, 0.1) is 13.8 Å². The van der Waals surface area contributed by atoms with Crippen molar-refractivity contribution in [1.82, 2.24) is 5.16 Å². The van der Waals surface area contributed by atoms with E-state index in [1.165, 1.54) is 0 Å². The van der Waals surface area contributed by atoms with Gasteiger partial charge in [0.2, 0.25) is 5.88 Å². The quantitative estimate of drug-likeness (QED) is 0.892. The van der Waals surface area contributed by atoms with Gasteiger partial charge in [-0.25, -0.2) is 0 Å². The minimum absolute atomic E-state index is 0.268. The van der Waals surface area contributed by atoms with E-state index in [4.69, 9.17) is 26.6 Å². The number of aryl methyl sites for hydroxylation is 1. The molecule has 0 saturated carbocycles. The highest BCUT2D eigenvalue weighted by Crippen LogP contribution is 2.40. The lowest BCUT2D eigenvalue weighted by atomic mass is 10.0. The largest absolute Gasteiger partial charge is 0.496 e. The number of ether oxygens (including phenoxy) is 1. The molecule has 0 aliphatic rings. The average Bonchev–Trinajstić information content (AvgIpc) is 2.72. The number of methoxy groups -OCH3 is 1. The molecule has 2 N–H and O–H groups in total. The van der Waals surface area contributed by atoms with Gasteiger partial charge in [-0.2, -0.15) is 0 Å². The maximum absolute atomic E-state index is 6.18. The van der Waals surface area contributed by atoms with Gasteiger partial charge < -0.3 is 15.0 Å². The summed E-state index contributed by atoms with van der Waals surface area (Å²) < 4.78 is 10.2. The topological polar surface area (TPSA) is 61.3 Å². The van der Waals surface area contributed by atoms with Crippen LogP contribution in [0.1, 0.15) is 11.1 Å². The maximum Gasteiger partial charge on any atom is 0.230 e. The number of benzene rings is 1. The Morgan fingerprint density at radius 2 is 2.06 bits per heavy atom. The van der Waals surface area contributed by atoms with Gasteiger partial charge in [-0.15, -0.1) is 0 Å². The molecule has 1 heterocycles. The predicted octanol–water partition coefficient (Wildman–Crippen LogP) is 3.20. The fourth-order valence-electron chi connectivity index (χ4n) is 1.86. The average molecular weight is 253 g/mol. The van der Waals surface area contributed by atoms with Gasteiger partial charge in [0.1, 0.15) is 5.75 Å². The highest BCUT2D eigenvalue weighted by Gasteiger charge is 2.17. The van der Waals surface area contributed by atoms with Crippen molar-refractivity contribution in [2.24, 2.45) is 0 Å². The molecule has 0 atom stereocenters. The summed E-state index contributed by atoms with van der Waals surface area (Å²) in [5.74, 6) is 0.958. The Morgan fingerprint density at radius 1 is 1.35 bits per heavy atom. The molecule has 1 aromatic heterocycles. The van der Waals surface area contributed by atoms with Crippen molar-refractivity contribution < 1.29 is 9.26 Å². The molecular formula is C12H13ClN2O2. The third-order valence-corrected chi connectivity index (χ3v) is 3.30. The van der Waals surface area contributed by atoms with Gasteiger partial charge in [0.05, 0.1) is 23.9 Å². The van der Waals surface area contributed by atoms with Crippen molar-refractivity contribution in [3.63, 3.8) is 0 Å². The second-order valence-corrected chi connectivity index (χ2v) is 4.19.